The molecule has 17 heavy (non-hydrogen) atoms. The van der Waals surface area contributed by atoms with Crippen molar-refractivity contribution in [2.24, 2.45) is 0 Å². The Morgan fingerprint density at radius 3 is 2.71 bits per heavy atom. The second kappa shape index (κ2) is 7.21. The van der Waals surface area contributed by atoms with Crippen LogP contribution in [0.4, 0.5) is 13.2 Å². The van der Waals surface area contributed by atoms with Gasteiger partial charge in [0, 0.05) is 12.5 Å². The van der Waals surface area contributed by atoms with E-state index in [0.29, 0.717) is 12.5 Å². The fraction of sp³-hybridized carbons (Fsp3) is 1.00. The lowest BCUT2D eigenvalue weighted by molar-refractivity contribution is -0.135. The summed E-state index contributed by atoms with van der Waals surface area (Å²) in [7, 11) is 0. The first-order valence-corrected chi connectivity index (χ1v) is 6.50. The van der Waals surface area contributed by atoms with Gasteiger partial charge in [-0.25, -0.2) is 0 Å². The third-order valence-electron chi connectivity index (χ3n) is 3.21. The van der Waals surface area contributed by atoms with Crippen LogP contribution in [-0.4, -0.2) is 43.3 Å². The van der Waals surface area contributed by atoms with E-state index < -0.39 is 12.6 Å². The molecule has 1 N–H and O–H groups in total. The van der Waals surface area contributed by atoms with Crippen LogP contribution in [0.3, 0.4) is 0 Å². The van der Waals surface area contributed by atoms with Crippen LogP contribution in [0, 0.1) is 0 Å². The molecule has 1 saturated heterocycles. The molecule has 1 rings (SSSR count). The smallest absolute Gasteiger partial charge is 0.314 e. The van der Waals surface area contributed by atoms with Gasteiger partial charge >= 0.3 is 6.18 Å². The van der Waals surface area contributed by atoms with Gasteiger partial charge in [-0.1, -0.05) is 0 Å². The van der Waals surface area contributed by atoms with Crippen LogP contribution in [0.1, 0.15) is 39.0 Å². The minimum absolute atomic E-state index is 0.258. The number of hydrogen-bond donors (Lipinski definition) is 1. The van der Waals surface area contributed by atoms with Crippen LogP contribution in [-0.2, 0) is 0 Å². The van der Waals surface area contributed by atoms with Crippen LogP contribution in [0.2, 0.25) is 0 Å². The van der Waals surface area contributed by atoms with Crippen molar-refractivity contribution in [2.45, 2.75) is 51.2 Å². The van der Waals surface area contributed by atoms with Gasteiger partial charge < -0.3 is 10.2 Å². The molecule has 0 saturated carbocycles. The number of rotatable bonds is 4. The van der Waals surface area contributed by atoms with E-state index in [4.69, 9.17) is 0 Å². The van der Waals surface area contributed by atoms with Crippen molar-refractivity contribution in [3.8, 4) is 0 Å². The second-order valence-electron chi connectivity index (χ2n) is 4.91. The van der Waals surface area contributed by atoms with Crippen LogP contribution in [0.15, 0.2) is 0 Å². The Hall–Kier alpha value is -0.290. The number of alkyl halides is 3. The minimum atomic E-state index is -3.99. The molecule has 1 unspecified atom stereocenters. The quantitative estimate of drug-likeness (QED) is 0.774. The molecular formula is C12H23F3N2. The molecule has 0 aromatic carbocycles. The predicted octanol–water partition coefficient (Wildman–Crippen LogP) is 2.79. The van der Waals surface area contributed by atoms with E-state index in [2.05, 4.69) is 17.1 Å². The lowest BCUT2D eigenvalue weighted by atomic mass is 10.1. The molecule has 0 aliphatic carbocycles. The first-order chi connectivity index (χ1) is 7.97. The van der Waals surface area contributed by atoms with Crippen molar-refractivity contribution in [1.29, 1.82) is 0 Å². The van der Waals surface area contributed by atoms with E-state index in [9.17, 15) is 13.2 Å². The molecule has 1 fully saturated rings. The SMILES string of the molecule is CC1CCN(CCCCC(F)(F)F)CCCN1. The molecule has 0 radical (unpaired) electrons. The number of nitrogens with zero attached hydrogens (tertiary/aromatic N) is 1. The Morgan fingerprint density at radius 1 is 1.24 bits per heavy atom. The van der Waals surface area contributed by atoms with E-state index in [1.54, 1.807) is 0 Å². The standard InChI is InChI=1S/C12H23F3N2/c1-11-5-10-17(9-4-7-16-11)8-3-2-6-12(13,14)15/h11,16H,2-10H2,1H3. The fourth-order valence-corrected chi connectivity index (χ4v) is 2.13. The summed E-state index contributed by atoms with van der Waals surface area (Å²) >= 11 is 0. The van der Waals surface area contributed by atoms with E-state index in [0.717, 1.165) is 39.0 Å². The zero-order chi connectivity index (χ0) is 12.7. The molecule has 1 aliphatic heterocycles. The van der Waals surface area contributed by atoms with Crippen LogP contribution >= 0.6 is 0 Å². The first-order valence-electron chi connectivity index (χ1n) is 6.50. The Morgan fingerprint density at radius 2 is 2.00 bits per heavy atom. The summed E-state index contributed by atoms with van der Waals surface area (Å²) in [6.45, 7) is 5.99. The van der Waals surface area contributed by atoms with Gasteiger partial charge in [0.2, 0.25) is 0 Å². The van der Waals surface area contributed by atoms with Gasteiger partial charge in [0.15, 0.2) is 0 Å². The highest BCUT2D eigenvalue weighted by Gasteiger charge is 2.26. The van der Waals surface area contributed by atoms with Crippen LogP contribution < -0.4 is 5.32 Å². The lowest BCUT2D eigenvalue weighted by Crippen LogP contribution is -2.38. The maximum Gasteiger partial charge on any atom is 0.389 e. The molecule has 102 valence electrons. The molecule has 0 bridgehead atoms. The molecule has 1 atom stereocenters. The summed E-state index contributed by atoms with van der Waals surface area (Å²) in [6, 6.07) is 0.521. The number of halogens is 3. The normalized spacial score (nSPS) is 24.4. The summed E-state index contributed by atoms with van der Waals surface area (Å²) in [5.74, 6) is 0. The maximum atomic E-state index is 12.0. The highest BCUT2D eigenvalue weighted by atomic mass is 19.4. The van der Waals surface area contributed by atoms with Gasteiger partial charge in [0.1, 0.15) is 0 Å². The van der Waals surface area contributed by atoms with Crippen molar-refractivity contribution >= 4 is 0 Å². The third kappa shape index (κ3) is 7.60. The summed E-state index contributed by atoms with van der Waals surface area (Å²) in [6.07, 6.45) is -1.55. The van der Waals surface area contributed by atoms with Crippen molar-refractivity contribution < 1.29 is 13.2 Å². The van der Waals surface area contributed by atoms with Crippen molar-refractivity contribution in [1.82, 2.24) is 10.2 Å². The molecule has 0 aromatic rings. The molecular weight excluding hydrogens is 229 g/mol. The Labute approximate surface area is 102 Å². The molecule has 1 aliphatic rings. The maximum absolute atomic E-state index is 12.0. The molecule has 5 heteroatoms. The van der Waals surface area contributed by atoms with E-state index >= 15 is 0 Å². The zero-order valence-electron chi connectivity index (χ0n) is 10.5. The average molecular weight is 252 g/mol. The van der Waals surface area contributed by atoms with Crippen molar-refractivity contribution in [3.63, 3.8) is 0 Å². The molecule has 0 spiro atoms. The van der Waals surface area contributed by atoms with Crippen molar-refractivity contribution in [2.75, 3.05) is 26.2 Å². The van der Waals surface area contributed by atoms with Gasteiger partial charge in [0.05, 0.1) is 0 Å². The zero-order valence-corrected chi connectivity index (χ0v) is 10.5. The van der Waals surface area contributed by atoms with Gasteiger partial charge in [-0.15, -0.1) is 0 Å². The average Bonchev–Trinajstić information content (AvgIpc) is 2.20. The van der Waals surface area contributed by atoms with Crippen LogP contribution in [0.5, 0.6) is 0 Å². The summed E-state index contributed by atoms with van der Waals surface area (Å²) in [5.41, 5.74) is 0. The van der Waals surface area contributed by atoms with Gasteiger partial charge in [-0.05, 0) is 58.8 Å². The fourth-order valence-electron chi connectivity index (χ4n) is 2.13. The van der Waals surface area contributed by atoms with Gasteiger partial charge in [-0.3, -0.25) is 0 Å². The monoisotopic (exact) mass is 252 g/mol. The van der Waals surface area contributed by atoms with E-state index in [1.807, 2.05) is 0 Å². The Bertz CT molecular complexity index is 206. The first kappa shape index (κ1) is 14.8. The Balaban J connectivity index is 2.12. The minimum Gasteiger partial charge on any atom is -0.314 e. The molecule has 0 aromatic heterocycles. The van der Waals surface area contributed by atoms with E-state index in [1.165, 1.54) is 0 Å². The van der Waals surface area contributed by atoms with E-state index in [-0.39, 0.29) is 6.42 Å². The summed E-state index contributed by atoms with van der Waals surface area (Å²) < 4.78 is 35.9. The predicted molar refractivity (Wildman–Crippen MR) is 63.0 cm³/mol. The number of unbranched alkanes of at least 4 members (excludes halogenated alkanes) is 1. The number of nitrogens with one attached hydrogen (secondary N) is 1. The topological polar surface area (TPSA) is 15.3 Å². The molecule has 2 nitrogen and oxygen atoms in total. The van der Waals surface area contributed by atoms with Gasteiger partial charge in [-0.2, -0.15) is 13.2 Å². The molecule has 1 heterocycles. The number of hydrogen-bond acceptors (Lipinski definition) is 2. The highest BCUT2D eigenvalue weighted by Crippen LogP contribution is 2.22. The summed E-state index contributed by atoms with van der Waals surface area (Å²) in [4.78, 5) is 2.30. The van der Waals surface area contributed by atoms with Gasteiger partial charge in [0.25, 0.3) is 0 Å². The summed E-state index contributed by atoms with van der Waals surface area (Å²) in [5, 5.41) is 3.42. The lowest BCUT2D eigenvalue weighted by Gasteiger charge is -2.27. The van der Waals surface area contributed by atoms with Crippen LogP contribution in [0.25, 0.3) is 0 Å². The molecule has 0 amide bonds. The third-order valence-corrected chi connectivity index (χ3v) is 3.21. The second-order valence-corrected chi connectivity index (χ2v) is 4.91. The highest BCUT2D eigenvalue weighted by molar-refractivity contribution is 4.70. The Kier molecular flexibility index (Phi) is 6.27. The largest absolute Gasteiger partial charge is 0.389 e. The van der Waals surface area contributed by atoms with Crippen molar-refractivity contribution in [3.05, 3.63) is 0 Å².